The lowest BCUT2D eigenvalue weighted by Gasteiger charge is -2.21. The molecule has 5 aromatic rings. The lowest BCUT2D eigenvalue weighted by atomic mass is 9.96. The van der Waals surface area contributed by atoms with Crippen LogP contribution in [-0.2, 0) is 9.53 Å². The molecule has 1 aliphatic heterocycles. The number of ketones is 1. The average Bonchev–Trinajstić information content (AvgIpc) is 3.70. The third kappa shape index (κ3) is 6.77. The van der Waals surface area contributed by atoms with Gasteiger partial charge in [0.1, 0.15) is 0 Å². The molecule has 6 rings (SSSR count). The van der Waals surface area contributed by atoms with Gasteiger partial charge in [0.2, 0.25) is 5.91 Å². The standard InChI is InChI=1S/C34H30Cl2N6O5S/c1-18-5-4-6-28(41-12-11-20(13-31(41)44)24-14-21(35)7-10-27(24)42-17-30(36)39-40-42)29-16-25(32(48-29)19(2)43)23-9-8-22(37-34(46)47-3)15-26(23)38-33(18)45/h7-18,28H,4-6H2,1-3H3,(H,37,46)(H,38,45)/t18-,28+/m1/s1. The number of Topliss-reactive ketones (excluding diaryl/α,β-unsaturated/α-hetero) is 1. The molecule has 0 aliphatic carbocycles. The molecule has 246 valence electrons. The second-order valence-electron chi connectivity index (χ2n) is 11.5. The van der Waals surface area contributed by atoms with Crippen molar-refractivity contribution in [1.82, 2.24) is 19.6 Å². The van der Waals surface area contributed by atoms with Crippen LogP contribution in [0.2, 0.25) is 10.2 Å². The first-order chi connectivity index (χ1) is 23.0. The summed E-state index contributed by atoms with van der Waals surface area (Å²) in [6.07, 6.45) is 4.42. The zero-order valence-corrected chi connectivity index (χ0v) is 28.4. The Morgan fingerprint density at radius 2 is 1.83 bits per heavy atom. The van der Waals surface area contributed by atoms with E-state index >= 15 is 0 Å². The minimum absolute atomic E-state index is 0.151. The maximum atomic E-state index is 13.9. The minimum Gasteiger partial charge on any atom is -0.453 e. The zero-order valence-electron chi connectivity index (χ0n) is 26.1. The number of thiophene rings is 1. The Balaban J connectivity index is 1.46. The maximum absolute atomic E-state index is 13.9. The molecule has 14 heteroatoms. The fourth-order valence-corrected chi connectivity index (χ4v) is 7.30. The van der Waals surface area contributed by atoms with Crippen molar-refractivity contribution >= 4 is 63.7 Å². The molecule has 2 amide bonds. The Hall–Kier alpha value is -4.78. The zero-order chi connectivity index (χ0) is 34.1. The summed E-state index contributed by atoms with van der Waals surface area (Å²) in [7, 11) is 1.26. The number of halogens is 2. The van der Waals surface area contributed by atoms with E-state index in [1.165, 1.54) is 30.1 Å². The number of methoxy groups -OCH3 is 1. The van der Waals surface area contributed by atoms with Crippen LogP contribution in [0, 0.1) is 5.92 Å². The highest BCUT2D eigenvalue weighted by molar-refractivity contribution is 7.14. The molecular formula is C34H30Cl2N6O5S. The summed E-state index contributed by atoms with van der Waals surface area (Å²) >= 11 is 13.7. The van der Waals surface area contributed by atoms with Crippen LogP contribution in [0.5, 0.6) is 0 Å². The van der Waals surface area contributed by atoms with Crippen LogP contribution < -0.4 is 16.2 Å². The number of fused-ring (bicyclic) bond motifs is 4. The highest BCUT2D eigenvalue weighted by atomic mass is 35.5. The van der Waals surface area contributed by atoms with Gasteiger partial charge < -0.3 is 14.6 Å². The first-order valence-electron chi connectivity index (χ1n) is 15.1. The van der Waals surface area contributed by atoms with E-state index in [9.17, 15) is 19.2 Å². The first-order valence-corrected chi connectivity index (χ1v) is 16.6. The maximum Gasteiger partial charge on any atom is 0.411 e. The number of nitrogens with one attached hydrogen (secondary N) is 2. The van der Waals surface area contributed by atoms with Gasteiger partial charge in [0, 0.05) is 50.5 Å². The van der Waals surface area contributed by atoms with E-state index in [0.29, 0.717) is 68.5 Å². The van der Waals surface area contributed by atoms with Crippen molar-refractivity contribution in [1.29, 1.82) is 0 Å². The SMILES string of the molecule is COC(=O)Nc1ccc2c(c1)NC(=O)[C@H](C)CCC[C@H](n1ccc(-c3cc(Cl)ccc3-n3cc(Cl)nn3)cc1=O)c1cc-2c(C(C)=O)s1. The molecule has 0 spiro atoms. The molecule has 0 fully saturated rings. The van der Waals surface area contributed by atoms with Gasteiger partial charge in [-0.2, -0.15) is 0 Å². The van der Waals surface area contributed by atoms with Gasteiger partial charge in [-0.05, 0) is 67.8 Å². The third-order valence-corrected chi connectivity index (χ3v) is 9.97. The summed E-state index contributed by atoms with van der Waals surface area (Å²) < 4.78 is 7.91. The van der Waals surface area contributed by atoms with E-state index < -0.39 is 12.1 Å². The fraction of sp³-hybridized carbons (Fsp3) is 0.235. The van der Waals surface area contributed by atoms with Gasteiger partial charge in [0.25, 0.3) is 5.56 Å². The summed E-state index contributed by atoms with van der Waals surface area (Å²) in [5, 5.41) is 14.3. The molecule has 2 N–H and O–H groups in total. The number of aromatic nitrogens is 4. The van der Waals surface area contributed by atoms with Crippen molar-refractivity contribution in [3.05, 3.63) is 97.3 Å². The molecule has 0 radical (unpaired) electrons. The molecule has 11 nitrogen and oxygen atoms in total. The second-order valence-corrected chi connectivity index (χ2v) is 13.4. The number of anilines is 2. The Morgan fingerprint density at radius 1 is 1.02 bits per heavy atom. The van der Waals surface area contributed by atoms with Crippen molar-refractivity contribution in [3.63, 3.8) is 0 Å². The van der Waals surface area contributed by atoms with Crippen molar-refractivity contribution in [2.75, 3.05) is 17.7 Å². The molecule has 3 aromatic heterocycles. The smallest absolute Gasteiger partial charge is 0.411 e. The van der Waals surface area contributed by atoms with Crippen molar-refractivity contribution < 1.29 is 19.1 Å². The minimum atomic E-state index is -0.654. The van der Waals surface area contributed by atoms with Crippen LogP contribution in [-0.4, -0.2) is 44.5 Å². The number of ether oxygens (including phenoxy) is 1. The topological polar surface area (TPSA) is 137 Å². The summed E-state index contributed by atoms with van der Waals surface area (Å²) in [5.74, 6) is -0.695. The van der Waals surface area contributed by atoms with Gasteiger partial charge in [0.05, 0.1) is 35.6 Å². The lowest BCUT2D eigenvalue weighted by Crippen LogP contribution is -2.25. The third-order valence-electron chi connectivity index (χ3n) is 8.23. The van der Waals surface area contributed by atoms with Crippen LogP contribution >= 0.6 is 34.5 Å². The summed E-state index contributed by atoms with van der Waals surface area (Å²) in [5.41, 5.74) is 3.78. The molecule has 0 saturated carbocycles. The Kier molecular flexibility index (Phi) is 9.49. The summed E-state index contributed by atoms with van der Waals surface area (Å²) in [6, 6.07) is 15.2. The van der Waals surface area contributed by atoms with Crippen molar-refractivity contribution in [2.45, 2.75) is 39.2 Å². The van der Waals surface area contributed by atoms with Crippen molar-refractivity contribution in [2.24, 2.45) is 5.92 Å². The molecule has 4 heterocycles. The predicted octanol–water partition coefficient (Wildman–Crippen LogP) is 7.86. The van der Waals surface area contributed by atoms with Crippen LogP contribution in [0.15, 0.2) is 71.8 Å². The lowest BCUT2D eigenvalue weighted by molar-refractivity contribution is -0.119. The van der Waals surface area contributed by atoms with Gasteiger partial charge in [-0.15, -0.1) is 16.4 Å². The van der Waals surface area contributed by atoms with E-state index in [0.717, 1.165) is 4.88 Å². The molecule has 0 saturated heterocycles. The number of hydrogen-bond donors (Lipinski definition) is 2. The summed E-state index contributed by atoms with van der Waals surface area (Å²) in [4.78, 5) is 53.5. The molecular weight excluding hydrogens is 675 g/mol. The molecule has 2 aromatic carbocycles. The number of hydrogen-bond acceptors (Lipinski definition) is 8. The van der Waals surface area contributed by atoms with Gasteiger partial charge in [-0.3, -0.25) is 19.7 Å². The number of nitrogens with zero attached hydrogens (tertiary/aromatic N) is 4. The van der Waals surface area contributed by atoms with E-state index in [1.54, 1.807) is 59.4 Å². The Labute approximate surface area is 289 Å². The fourth-order valence-electron chi connectivity index (χ4n) is 5.80. The number of amides is 2. The number of carbonyl (C=O) groups excluding carboxylic acids is 3. The van der Waals surface area contributed by atoms with Gasteiger partial charge in [-0.25, -0.2) is 9.48 Å². The summed E-state index contributed by atoms with van der Waals surface area (Å²) in [6.45, 7) is 3.34. The van der Waals surface area contributed by atoms with E-state index in [1.807, 2.05) is 19.1 Å². The number of benzene rings is 2. The van der Waals surface area contributed by atoms with E-state index in [-0.39, 0.29) is 28.3 Å². The highest BCUT2D eigenvalue weighted by Crippen LogP contribution is 2.42. The van der Waals surface area contributed by atoms with Gasteiger partial charge in [0.15, 0.2) is 10.9 Å². The normalized spacial score (nSPS) is 16.2. The molecule has 48 heavy (non-hydrogen) atoms. The van der Waals surface area contributed by atoms with Crippen LogP contribution in [0.25, 0.3) is 27.9 Å². The van der Waals surface area contributed by atoms with Gasteiger partial charge >= 0.3 is 6.09 Å². The van der Waals surface area contributed by atoms with Crippen LogP contribution in [0.1, 0.15) is 53.7 Å². The van der Waals surface area contributed by atoms with E-state index in [2.05, 4.69) is 20.9 Å². The van der Waals surface area contributed by atoms with Crippen LogP contribution in [0.3, 0.4) is 0 Å². The Morgan fingerprint density at radius 3 is 2.54 bits per heavy atom. The van der Waals surface area contributed by atoms with Gasteiger partial charge in [-0.1, -0.05) is 47.8 Å². The first kappa shape index (κ1) is 33.1. The molecule has 2 bridgehead atoms. The molecule has 1 aliphatic rings. The number of rotatable bonds is 5. The largest absolute Gasteiger partial charge is 0.453 e. The number of pyridine rings is 1. The molecule has 0 unspecified atom stereocenters. The second kappa shape index (κ2) is 13.8. The average molecular weight is 706 g/mol. The predicted molar refractivity (Wildman–Crippen MR) is 187 cm³/mol. The van der Waals surface area contributed by atoms with Crippen LogP contribution in [0.4, 0.5) is 16.2 Å². The van der Waals surface area contributed by atoms with Crippen molar-refractivity contribution in [3.8, 4) is 27.9 Å². The highest BCUT2D eigenvalue weighted by Gasteiger charge is 2.27. The monoisotopic (exact) mass is 704 g/mol. The Bertz CT molecular complexity index is 2120. The number of carbonyl (C=O) groups is 3. The van der Waals surface area contributed by atoms with E-state index in [4.69, 9.17) is 27.9 Å². The molecule has 2 atom stereocenters. The quantitative estimate of drug-likeness (QED) is 0.178.